The molecular weight excluding hydrogens is 690 g/mol. The number of benzene rings is 5. The number of amides is 2. The van der Waals surface area contributed by atoms with Crippen molar-refractivity contribution in [3.05, 3.63) is 154 Å². The monoisotopic (exact) mass is 729 g/mol. The largest absolute Gasteiger partial charge is 0.497 e. The summed E-state index contributed by atoms with van der Waals surface area (Å²) in [6, 6.07) is 30.8. The Labute approximate surface area is 313 Å². The summed E-state index contributed by atoms with van der Waals surface area (Å²) in [5, 5.41) is 20.4. The number of hydrogen-bond acceptors (Lipinski definition) is 7. The van der Waals surface area contributed by atoms with Crippen LogP contribution in [0.15, 0.2) is 115 Å². The third kappa shape index (κ3) is 5.76. The Morgan fingerprint density at radius 1 is 0.906 bits per heavy atom. The van der Waals surface area contributed by atoms with Crippen LogP contribution < -0.4 is 25.0 Å². The first-order chi connectivity index (χ1) is 25.4. The number of ketones is 1. The molecule has 3 N–H and O–H groups in total. The number of carbonyl (C=O) groups excluding carboxylic acids is 3. The first-order valence-corrected chi connectivity index (χ1v) is 17.8. The average Bonchev–Trinajstić information content (AvgIpc) is 3.37. The second-order valence-corrected chi connectivity index (χ2v) is 14.2. The molecule has 0 aromatic heterocycles. The van der Waals surface area contributed by atoms with Gasteiger partial charge in [0, 0.05) is 22.4 Å². The molecule has 5 aromatic carbocycles. The fourth-order valence-corrected chi connectivity index (χ4v) is 7.89. The molecule has 10 heteroatoms. The molecule has 5 atom stereocenters. The number of hydrogen-bond donors (Lipinski definition) is 3. The van der Waals surface area contributed by atoms with Crippen molar-refractivity contribution in [2.24, 2.45) is 5.41 Å². The lowest BCUT2D eigenvalue weighted by molar-refractivity contribution is -0.156. The summed E-state index contributed by atoms with van der Waals surface area (Å²) < 4.78 is 12.2. The van der Waals surface area contributed by atoms with Crippen LogP contribution in [-0.2, 0) is 15.2 Å². The van der Waals surface area contributed by atoms with Crippen LogP contribution >= 0.6 is 11.6 Å². The van der Waals surface area contributed by atoms with Gasteiger partial charge in [0.2, 0.25) is 5.91 Å². The summed E-state index contributed by atoms with van der Waals surface area (Å²) in [7, 11) is 1.50. The highest BCUT2D eigenvalue weighted by molar-refractivity contribution is 6.31. The standard InChI is InChI=1S/C43H40ClN3O6/c1-25-17-22-36-34(23-25)38(48)42(40(53-36)45-28(4)29-12-7-6-8-13-29)37(39(49)46-35-16-9-11-26(2)27(35)3)47(32-15-10-14-31(44)24-32)41(50)43(42,51)30-18-20-33(52-5)21-19-30/h6-24,28,37,40,45,51H,1-5H3,(H,46,49)/t28-,37+,40-,42-,43+/m0/s1. The van der Waals surface area contributed by atoms with E-state index in [-0.39, 0.29) is 27.6 Å². The van der Waals surface area contributed by atoms with Crippen LogP contribution in [0.3, 0.4) is 0 Å². The Balaban J connectivity index is 1.56. The first-order valence-electron chi connectivity index (χ1n) is 17.4. The number of carbonyl (C=O) groups is 3. The number of halogens is 1. The van der Waals surface area contributed by atoms with Gasteiger partial charge in [0.15, 0.2) is 23.0 Å². The summed E-state index contributed by atoms with van der Waals surface area (Å²) in [5.74, 6) is -1.53. The van der Waals surface area contributed by atoms with E-state index in [1.807, 2.05) is 76.2 Å². The van der Waals surface area contributed by atoms with Crippen LogP contribution in [0.4, 0.5) is 11.4 Å². The van der Waals surface area contributed by atoms with E-state index >= 15 is 14.4 Å². The molecule has 2 heterocycles. The highest BCUT2D eigenvalue weighted by Gasteiger charge is 2.80. The maximum absolute atomic E-state index is 15.8. The van der Waals surface area contributed by atoms with E-state index in [1.165, 1.54) is 30.2 Å². The van der Waals surface area contributed by atoms with Crippen molar-refractivity contribution in [3.63, 3.8) is 0 Å². The van der Waals surface area contributed by atoms with E-state index in [1.54, 1.807) is 48.5 Å². The van der Waals surface area contributed by atoms with E-state index in [4.69, 9.17) is 21.1 Å². The Morgan fingerprint density at radius 3 is 2.32 bits per heavy atom. The van der Waals surface area contributed by atoms with Crippen molar-refractivity contribution in [1.29, 1.82) is 0 Å². The lowest BCUT2D eigenvalue weighted by Crippen LogP contribution is -2.70. The fraction of sp³-hybridized carbons (Fsp3) is 0.233. The number of aryl methyl sites for hydroxylation is 2. The lowest BCUT2D eigenvalue weighted by Gasteiger charge is -2.49. The number of methoxy groups -OCH3 is 1. The van der Waals surface area contributed by atoms with Gasteiger partial charge in [0.05, 0.1) is 12.7 Å². The number of fused-ring (bicyclic) bond motifs is 1. The van der Waals surface area contributed by atoms with Crippen LogP contribution in [0.1, 0.15) is 51.1 Å². The van der Waals surface area contributed by atoms with Gasteiger partial charge in [0.1, 0.15) is 17.5 Å². The summed E-state index contributed by atoms with van der Waals surface area (Å²) in [4.78, 5) is 47.8. The van der Waals surface area contributed by atoms with E-state index in [2.05, 4.69) is 10.6 Å². The molecule has 7 rings (SSSR count). The van der Waals surface area contributed by atoms with Crippen molar-refractivity contribution in [2.75, 3.05) is 17.3 Å². The average molecular weight is 730 g/mol. The maximum Gasteiger partial charge on any atom is 0.265 e. The molecule has 5 aromatic rings. The highest BCUT2D eigenvalue weighted by Crippen LogP contribution is 2.59. The smallest absolute Gasteiger partial charge is 0.265 e. The number of nitrogens with one attached hydrogen (secondary N) is 2. The number of rotatable bonds is 8. The molecule has 2 amide bonds. The molecule has 0 unspecified atom stereocenters. The molecule has 1 spiro atoms. The minimum atomic E-state index is -2.68. The third-order valence-corrected chi connectivity index (χ3v) is 10.9. The van der Waals surface area contributed by atoms with Crippen molar-refractivity contribution in [1.82, 2.24) is 5.32 Å². The molecular formula is C43H40ClN3O6. The Kier molecular flexibility index (Phi) is 9.36. The molecule has 1 fully saturated rings. The van der Waals surface area contributed by atoms with Gasteiger partial charge in [0.25, 0.3) is 5.91 Å². The Bertz CT molecular complexity index is 2230. The van der Waals surface area contributed by atoms with Gasteiger partial charge in [-0.1, -0.05) is 83.9 Å². The number of aliphatic hydroxyl groups is 1. The number of Topliss-reactive ketones (excluding diaryl/α,β-unsaturated/α-hetero) is 1. The Morgan fingerprint density at radius 2 is 1.62 bits per heavy atom. The quantitative estimate of drug-likeness (QED) is 0.152. The third-order valence-electron chi connectivity index (χ3n) is 10.6. The van der Waals surface area contributed by atoms with Gasteiger partial charge in [-0.2, -0.15) is 0 Å². The maximum atomic E-state index is 15.8. The molecule has 0 saturated carbocycles. The van der Waals surface area contributed by atoms with Gasteiger partial charge in [-0.15, -0.1) is 0 Å². The first kappa shape index (κ1) is 35.9. The highest BCUT2D eigenvalue weighted by atomic mass is 35.5. The predicted octanol–water partition coefficient (Wildman–Crippen LogP) is 7.45. The number of ether oxygens (including phenoxy) is 2. The Hall–Kier alpha value is -5.48. The fourth-order valence-electron chi connectivity index (χ4n) is 7.71. The molecule has 9 nitrogen and oxygen atoms in total. The van der Waals surface area contributed by atoms with E-state index < -0.39 is 46.9 Å². The molecule has 2 aliphatic heterocycles. The van der Waals surface area contributed by atoms with Crippen LogP contribution in [0.25, 0.3) is 0 Å². The normalized spacial score (nSPS) is 22.7. The summed E-state index contributed by atoms with van der Waals surface area (Å²) in [5.41, 5.74) is -0.773. The van der Waals surface area contributed by atoms with Gasteiger partial charge < -0.3 is 19.9 Å². The molecule has 0 aliphatic carbocycles. The molecule has 0 radical (unpaired) electrons. The van der Waals surface area contributed by atoms with Crippen LogP contribution in [-0.4, -0.2) is 42.1 Å². The molecule has 270 valence electrons. The van der Waals surface area contributed by atoms with Gasteiger partial charge in [-0.3, -0.25) is 24.6 Å². The van der Waals surface area contributed by atoms with Crippen LogP contribution in [0.2, 0.25) is 5.02 Å². The summed E-state index contributed by atoms with van der Waals surface area (Å²) in [6.45, 7) is 7.53. The van der Waals surface area contributed by atoms with E-state index in [0.29, 0.717) is 11.4 Å². The second-order valence-electron chi connectivity index (χ2n) is 13.7. The number of nitrogens with zero attached hydrogens (tertiary/aromatic N) is 1. The molecule has 2 aliphatic rings. The van der Waals surface area contributed by atoms with Crippen molar-refractivity contribution in [2.45, 2.75) is 51.6 Å². The molecule has 0 bridgehead atoms. The summed E-state index contributed by atoms with van der Waals surface area (Å²) in [6.07, 6.45) is -1.44. The zero-order valence-corrected chi connectivity index (χ0v) is 30.8. The van der Waals surface area contributed by atoms with Gasteiger partial charge in [-0.05, 0) is 98.5 Å². The number of anilines is 2. The zero-order chi connectivity index (χ0) is 37.7. The minimum absolute atomic E-state index is 0.0737. The van der Waals surface area contributed by atoms with Gasteiger partial charge >= 0.3 is 0 Å². The minimum Gasteiger partial charge on any atom is -0.497 e. The molecule has 53 heavy (non-hydrogen) atoms. The summed E-state index contributed by atoms with van der Waals surface area (Å²) >= 11 is 6.52. The lowest BCUT2D eigenvalue weighted by atomic mass is 9.60. The van der Waals surface area contributed by atoms with Crippen molar-refractivity contribution < 1.29 is 29.0 Å². The second kappa shape index (κ2) is 13.8. The van der Waals surface area contributed by atoms with Crippen LogP contribution in [0.5, 0.6) is 11.5 Å². The van der Waals surface area contributed by atoms with Gasteiger partial charge in [-0.25, -0.2) is 0 Å². The topological polar surface area (TPSA) is 117 Å². The SMILES string of the molecule is COc1ccc([C@@]2(O)C(=O)N(c3cccc(Cl)c3)[C@H](C(=O)Nc3cccc(C)c3C)[C@@]23C(=O)c2cc(C)ccc2O[C@@H]3N[C@@H](C)c2ccccc2)cc1. The predicted molar refractivity (Wildman–Crippen MR) is 205 cm³/mol. The zero-order valence-electron chi connectivity index (χ0n) is 30.0. The van der Waals surface area contributed by atoms with Crippen LogP contribution in [0, 0.1) is 26.2 Å². The van der Waals surface area contributed by atoms with E-state index in [0.717, 1.165) is 22.3 Å². The van der Waals surface area contributed by atoms with E-state index in [9.17, 15) is 5.11 Å². The molecule has 1 saturated heterocycles. The van der Waals surface area contributed by atoms with Crippen molar-refractivity contribution in [3.8, 4) is 11.5 Å². The van der Waals surface area contributed by atoms with Crippen molar-refractivity contribution >= 4 is 40.6 Å².